The number of amides is 2. The maximum atomic E-state index is 11.8. The van der Waals surface area contributed by atoms with Crippen LogP contribution in [0.1, 0.15) is 16.1 Å². The highest BCUT2D eigenvalue weighted by Crippen LogP contribution is 2.34. The van der Waals surface area contributed by atoms with Crippen LogP contribution in [0.3, 0.4) is 0 Å². The molecule has 0 bridgehead atoms. The summed E-state index contributed by atoms with van der Waals surface area (Å²) >= 11 is 0. The van der Waals surface area contributed by atoms with Gasteiger partial charge in [-0.2, -0.15) is 5.10 Å². The van der Waals surface area contributed by atoms with Gasteiger partial charge in [0.1, 0.15) is 5.75 Å². The van der Waals surface area contributed by atoms with Crippen LogP contribution < -0.4 is 15.5 Å². The Kier molecular flexibility index (Phi) is 7.06. The first-order valence-electron chi connectivity index (χ1n) is 9.18. The Morgan fingerprint density at radius 3 is 2.58 bits per heavy atom. The number of hydrogen-bond acceptors (Lipinski definition) is 9. The number of carbonyl (C=O) groups is 2. The molecule has 3 rings (SSSR count). The second kappa shape index (κ2) is 10.3. The first kappa shape index (κ1) is 22.6. The van der Waals surface area contributed by atoms with E-state index in [0.717, 1.165) is 18.2 Å². The first-order chi connectivity index (χ1) is 15.8. The van der Waals surface area contributed by atoms with E-state index in [0.29, 0.717) is 5.56 Å². The fourth-order valence-corrected chi connectivity index (χ4v) is 2.51. The fraction of sp³-hybridized carbons (Fsp3) is 0.0500. The summed E-state index contributed by atoms with van der Waals surface area (Å²) in [6.07, 6.45) is 2.63. The zero-order chi connectivity index (χ0) is 23.8. The third-order valence-electron chi connectivity index (χ3n) is 3.99. The zero-order valence-corrected chi connectivity index (χ0v) is 16.7. The third-order valence-corrected chi connectivity index (χ3v) is 3.99. The first-order valence-corrected chi connectivity index (χ1v) is 9.18. The van der Waals surface area contributed by atoms with Gasteiger partial charge in [-0.05, 0) is 35.9 Å². The second-order valence-electron chi connectivity index (χ2n) is 6.29. The molecule has 3 aromatic rings. The number of hydrazone groups is 1. The van der Waals surface area contributed by atoms with Crippen LogP contribution in [0.5, 0.6) is 11.5 Å². The summed E-state index contributed by atoms with van der Waals surface area (Å²) in [4.78, 5) is 44.0. The number of nitrogens with one attached hydrogen (secondary N) is 2. The van der Waals surface area contributed by atoms with Crippen molar-refractivity contribution in [1.82, 2.24) is 10.7 Å². The van der Waals surface area contributed by atoms with E-state index in [9.17, 15) is 29.8 Å². The van der Waals surface area contributed by atoms with Gasteiger partial charge in [0.2, 0.25) is 5.75 Å². The van der Waals surface area contributed by atoms with Crippen molar-refractivity contribution in [2.75, 3.05) is 6.54 Å². The lowest BCUT2D eigenvalue weighted by molar-refractivity contribution is -0.394. The summed E-state index contributed by atoms with van der Waals surface area (Å²) in [5, 5.41) is 28.2. The van der Waals surface area contributed by atoms with Gasteiger partial charge in [-0.15, -0.1) is 0 Å². The van der Waals surface area contributed by atoms with E-state index in [1.165, 1.54) is 36.7 Å². The molecule has 0 aliphatic heterocycles. The van der Waals surface area contributed by atoms with E-state index < -0.39 is 33.0 Å². The molecule has 0 saturated heterocycles. The molecule has 2 N–H and O–H groups in total. The fourth-order valence-electron chi connectivity index (χ4n) is 2.51. The van der Waals surface area contributed by atoms with E-state index in [4.69, 9.17) is 9.15 Å². The lowest BCUT2D eigenvalue weighted by atomic mass is 10.2. The van der Waals surface area contributed by atoms with Crippen LogP contribution in [-0.4, -0.2) is 34.4 Å². The molecule has 2 amide bonds. The topological polar surface area (TPSA) is 179 Å². The highest BCUT2D eigenvalue weighted by molar-refractivity contribution is 5.94. The highest BCUT2D eigenvalue weighted by atomic mass is 16.6. The van der Waals surface area contributed by atoms with Crippen molar-refractivity contribution in [1.29, 1.82) is 0 Å². The van der Waals surface area contributed by atoms with Crippen LogP contribution in [0.15, 0.2) is 70.4 Å². The SMILES string of the molecule is O=C(CNC(=O)c1ccco1)NN=Cc1cccc(Oc2ccc([N+](=O)[O-])cc2[N+](=O)[O-])c1. The van der Waals surface area contributed by atoms with Crippen LogP contribution in [0.4, 0.5) is 11.4 Å². The molecule has 168 valence electrons. The van der Waals surface area contributed by atoms with E-state index in [1.807, 2.05) is 0 Å². The van der Waals surface area contributed by atoms with Gasteiger partial charge in [0.25, 0.3) is 17.5 Å². The molecule has 0 atom stereocenters. The van der Waals surface area contributed by atoms with Gasteiger partial charge < -0.3 is 14.5 Å². The number of non-ortho nitro benzene ring substituents is 1. The molecule has 0 fully saturated rings. The van der Waals surface area contributed by atoms with Gasteiger partial charge in [0.05, 0.1) is 34.9 Å². The Labute approximate surface area is 185 Å². The van der Waals surface area contributed by atoms with Gasteiger partial charge >= 0.3 is 5.69 Å². The minimum atomic E-state index is -0.784. The smallest absolute Gasteiger partial charge is 0.318 e. The minimum Gasteiger partial charge on any atom is -0.459 e. The highest BCUT2D eigenvalue weighted by Gasteiger charge is 2.21. The molecule has 0 unspecified atom stereocenters. The molecule has 1 aromatic heterocycles. The third kappa shape index (κ3) is 6.21. The van der Waals surface area contributed by atoms with Gasteiger partial charge in [-0.25, -0.2) is 5.43 Å². The average Bonchev–Trinajstić information content (AvgIpc) is 3.33. The van der Waals surface area contributed by atoms with Crippen molar-refractivity contribution in [2.24, 2.45) is 5.10 Å². The molecule has 33 heavy (non-hydrogen) atoms. The van der Waals surface area contributed by atoms with Crippen LogP contribution in [0.25, 0.3) is 0 Å². The lowest BCUT2D eigenvalue weighted by Crippen LogP contribution is -2.34. The maximum Gasteiger partial charge on any atom is 0.318 e. The van der Waals surface area contributed by atoms with E-state index in [1.54, 1.807) is 12.1 Å². The number of benzene rings is 2. The van der Waals surface area contributed by atoms with Crippen molar-refractivity contribution in [3.63, 3.8) is 0 Å². The number of nitro groups is 2. The molecular weight excluding hydrogens is 438 g/mol. The summed E-state index contributed by atoms with van der Waals surface area (Å²) in [6.45, 7) is -0.330. The molecule has 0 saturated carbocycles. The van der Waals surface area contributed by atoms with Gasteiger partial charge in [0, 0.05) is 6.07 Å². The molecule has 13 nitrogen and oxygen atoms in total. The molecule has 0 aliphatic rings. The van der Waals surface area contributed by atoms with E-state index >= 15 is 0 Å². The molecule has 0 aliphatic carbocycles. The Morgan fingerprint density at radius 1 is 1.06 bits per heavy atom. The number of ether oxygens (including phenoxy) is 1. The van der Waals surface area contributed by atoms with Gasteiger partial charge in [0.15, 0.2) is 5.76 Å². The normalized spacial score (nSPS) is 10.5. The van der Waals surface area contributed by atoms with Crippen molar-refractivity contribution in [3.05, 3.63) is 92.4 Å². The number of carbonyl (C=O) groups excluding carboxylic acids is 2. The van der Waals surface area contributed by atoms with Crippen LogP contribution in [-0.2, 0) is 4.79 Å². The minimum absolute atomic E-state index is 0.0661. The van der Waals surface area contributed by atoms with Crippen molar-refractivity contribution >= 4 is 29.4 Å². The Bertz CT molecular complexity index is 1220. The quantitative estimate of drug-likeness (QED) is 0.282. The summed E-state index contributed by atoms with van der Waals surface area (Å²) in [6, 6.07) is 12.2. The van der Waals surface area contributed by atoms with Gasteiger partial charge in [-0.3, -0.25) is 29.8 Å². The van der Waals surface area contributed by atoms with Crippen LogP contribution in [0.2, 0.25) is 0 Å². The van der Waals surface area contributed by atoms with Crippen molar-refractivity contribution in [3.8, 4) is 11.5 Å². The largest absolute Gasteiger partial charge is 0.459 e. The molecular formula is C20H15N5O8. The predicted octanol–water partition coefficient (Wildman–Crippen LogP) is 2.77. The summed E-state index contributed by atoms with van der Waals surface area (Å²) in [5.74, 6) is -1.05. The average molecular weight is 453 g/mol. The van der Waals surface area contributed by atoms with Crippen molar-refractivity contribution < 1.29 is 28.6 Å². The zero-order valence-electron chi connectivity index (χ0n) is 16.7. The summed E-state index contributed by atoms with van der Waals surface area (Å²) < 4.78 is 10.4. The molecule has 0 radical (unpaired) electrons. The molecule has 2 aromatic carbocycles. The number of rotatable bonds is 9. The monoisotopic (exact) mass is 453 g/mol. The van der Waals surface area contributed by atoms with E-state index in [2.05, 4.69) is 15.8 Å². The number of hydrogen-bond donors (Lipinski definition) is 2. The summed E-state index contributed by atoms with van der Waals surface area (Å²) in [5.41, 5.74) is 1.71. The number of nitro benzene ring substituents is 2. The number of furan rings is 1. The van der Waals surface area contributed by atoms with E-state index in [-0.39, 0.29) is 23.8 Å². The lowest BCUT2D eigenvalue weighted by Gasteiger charge is -2.07. The Morgan fingerprint density at radius 2 is 1.88 bits per heavy atom. The Balaban J connectivity index is 1.60. The summed E-state index contributed by atoms with van der Waals surface area (Å²) in [7, 11) is 0. The molecule has 13 heteroatoms. The maximum absolute atomic E-state index is 11.8. The molecule has 1 heterocycles. The predicted molar refractivity (Wildman–Crippen MR) is 113 cm³/mol. The van der Waals surface area contributed by atoms with Crippen LogP contribution >= 0.6 is 0 Å². The van der Waals surface area contributed by atoms with Crippen molar-refractivity contribution in [2.45, 2.75) is 0 Å². The standard InChI is InChI=1S/C20H15N5O8/c26-19(12-21-20(27)18-5-2-8-32-18)23-22-11-13-3-1-4-15(9-13)33-17-7-6-14(24(28)29)10-16(17)25(30)31/h1-11H,12H2,(H,21,27)(H,23,26). The van der Waals surface area contributed by atoms with Crippen LogP contribution in [0, 0.1) is 20.2 Å². The van der Waals surface area contributed by atoms with Gasteiger partial charge in [-0.1, -0.05) is 12.1 Å². The second-order valence-corrected chi connectivity index (χ2v) is 6.29. The molecule has 0 spiro atoms. The number of nitrogens with zero attached hydrogens (tertiary/aromatic N) is 3. The Hall–Kier alpha value is -5.07.